The van der Waals surface area contributed by atoms with Crippen LogP contribution < -0.4 is 18.9 Å². The van der Waals surface area contributed by atoms with Crippen molar-refractivity contribution in [2.75, 3.05) is 81.3 Å². The Balaban J connectivity index is 2.01. The van der Waals surface area contributed by atoms with Crippen LogP contribution in [0.5, 0.6) is 23.0 Å². The molecule has 1 aliphatic carbocycles. The van der Waals surface area contributed by atoms with E-state index in [2.05, 4.69) is 132 Å². The van der Waals surface area contributed by atoms with Gasteiger partial charge in [-0.1, -0.05) is 132 Å². The molecule has 8 bridgehead atoms. The van der Waals surface area contributed by atoms with Crippen LogP contribution in [0.2, 0.25) is 0 Å². The highest BCUT2D eigenvalue weighted by molar-refractivity contribution is 5.60. The lowest BCUT2D eigenvalue weighted by Gasteiger charge is -2.29. The lowest BCUT2D eigenvalue weighted by Crippen LogP contribution is -2.19. The fourth-order valence-electron chi connectivity index (χ4n) is 8.27. The third kappa shape index (κ3) is 13.0. The van der Waals surface area contributed by atoms with E-state index in [-0.39, 0.29) is 21.7 Å². The van der Waals surface area contributed by atoms with E-state index >= 15 is 0 Å². The highest BCUT2D eigenvalue weighted by Crippen LogP contribution is 2.44. The minimum atomic E-state index is -0.144. The van der Waals surface area contributed by atoms with Crippen molar-refractivity contribution in [3.63, 3.8) is 0 Å². The zero-order chi connectivity index (χ0) is 47.0. The van der Waals surface area contributed by atoms with Crippen LogP contribution in [0.15, 0.2) is 48.5 Å². The number of ether oxygens (including phenoxy) is 8. The minimum absolute atomic E-state index is 0.144. The maximum absolute atomic E-state index is 6.91. The van der Waals surface area contributed by atoms with Crippen LogP contribution in [0.4, 0.5) is 0 Å². The van der Waals surface area contributed by atoms with Crippen LogP contribution in [0, 0.1) is 0 Å². The van der Waals surface area contributed by atoms with Gasteiger partial charge in [-0.25, -0.2) is 0 Å². The van der Waals surface area contributed by atoms with Crippen molar-refractivity contribution in [3.8, 4) is 23.0 Å². The van der Waals surface area contributed by atoms with Crippen LogP contribution in [-0.2, 0) is 66.3 Å². The lowest BCUT2D eigenvalue weighted by atomic mass is 9.79. The fraction of sp³-hybridized carbons (Fsp3) is 0.571. The summed E-state index contributed by atoms with van der Waals surface area (Å²) in [6.45, 7) is 30.9. The summed E-state index contributed by atoms with van der Waals surface area (Å²) in [6, 6.07) is 18.8. The van der Waals surface area contributed by atoms with Gasteiger partial charge in [0.25, 0.3) is 0 Å². The summed E-state index contributed by atoms with van der Waals surface area (Å²) >= 11 is 0. The first-order valence-corrected chi connectivity index (χ1v) is 23.2. The second-order valence-electron chi connectivity index (χ2n) is 21.6. The number of rotatable bonds is 16. The summed E-state index contributed by atoms with van der Waals surface area (Å²) in [5.74, 6) is 3.51. The number of fused-ring (bicyclic) bond motifs is 8. The first kappa shape index (κ1) is 50.9. The van der Waals surface area contributed by atoms with Gasteiger partial charge in [0.05, 0.1) is 26.4 Å². The Hall–Kier alpha value is -4.08. The number of benzene rings is 4. The molecule has 0 radical (unpaired) electrons. The third-order valence-electron chi connectivity index (χ3n) is 12.1. The average Bonchev–Trinajstić information content (AvgIpc) is 3.19. The Kier molecular flexibility index (Phi) is 17.1. The largest absolute Gasteiger partial charge is 0.491 e. The minimum Gasteiger partial charge on any atom is -0.491 e. The van der Waals surface area contributed by atoms with Crippen molar-refractivity contribution in [3.05, 3.63) is 115 Å². The van der Waals surface area contributed by atoms with Gasteiger partial charge in [0.15, 0.2) is 0 Å². The van der Waals surface area contributed by atoms with Gasteiger partial charge in [0.2, 0.25) is 0 Å². The summed E-state index contributed by atoms with van der Waals surface area (Å²) in [6.07, 6.45) is 2.36. The summed E-state index contributed by atoms with van der Waals surface area (Å²) in [4.78, 5) is 0. The van der Waals surface area contributed by atoms with Crippen molar-refractivity contribution in [1.29, 1.82) is 0 Å². The van der Waals surface area contributed by atoms with Gasteiger partial charge in [-0.3, -0.25) is 0 Å². The summed E-state index contributed by atoms with van der Waals surface area (Å²) in [7, 11) is 6.88. The molecule has 0 aliphatic heterocycles. The lowest BCUT2D eigenvalue weighted by molar-refractivity contribution is 0.144. The number of methoxy groups -OCH3 is 4. The molecule has 0 N–H and O–H groups in total. The topological polar surface area (TPSA) is 73.8 Å². The molecule has 0 heterocycles. The molecule has 5 rings (SSSR count). The monoisotopic (exact) mass is 881 g/mol. The molecule has 0 amide bonds. The molecule has 4 aromatic rings. The Morgan fingerprint density at radius 3 is 0.562 bits per heavy atom. The number of hydrogen-bond donors (Lipinski definition) is 0. The molecule has 0 atom stereocenters. The summed E-state index contributed by atoms with van der Waals surface area (Å²) in [5.41, 5.74) is 13.2. The van der Waals surface area contributed by atoms with E-state index < -0.39 is 0 Å². The second-order valence-corrected chi connectivity index (χ2v) is 21.6. The molecule has 64 heavy (non-hydrogen) atoms. The van der Waals surface area contributed by atoms with Gasteiger partial charge in [-0.05, 0) is 88.4 Å². The van der Waals surface area contributed by atoms with E-state index in [9.17, 15) is 0 Å². The molecule has 0 saturated carbocycles. The van der Waals surface area contributed by atoms with Crippen LogP contribution in [0.1, 0.15) is 150 Å². The zero-order valence-corrected chi connectivity index (χ0v) is 42.4. The van der Waals surface area contributed by atoms with Gasteiger partial charge in [0.1, 0.15) is 49.4 Å². The molecule has 4 aromatic carbocycles. The van der Waals surface area contributed by atoms with Crippen LogP contribution in [0.3, 0.4) is 0 Å². The first-order valence-electron chi connectivity index (χ1n) is 23.2. The van der Waals surface area contributed by atoms with Crippen LogP contribution in [-0.4, -0.2) is 81.3 Å². The molecule has 8 nitrogen and oxygen atoms in total. The zero-order valence-electron chi connectivity index (χ0n) is 42.4. The Morgan fingerprint density at radius 1 is 0.281 bits per heavy atom. The molecule has 0 unspecified atom stereocenters. The fourth-order valence-corrected chi connectivity index (χ4v) is 8.27. The molecule has 0 aromatic heterocycles. The summed E-state index contributed by atoms with van der Waals surface area (Å²) < 4.78 is 49.9. The maximum atomic E-state index is 6.91. The van der Waals surface area contributed by atoms with Crippen LogP contribution in [0.25, 0.3) is 0 Å². The molecular formula is C56H80O8. The molecule has 8 heteroatoms. The smallest absolute Gasteiger partial charge is 0.126 e. The van der Waals surface area contributed by atoms with Crippen LogP contribution >= 0.6 is 0 Å². The van der Waals surface area contributed by atoms with Gasteiger partial charge in [-0.15, -0.1) is 0 Å². The quantitative estimate of drug-likeness (QED) is 0.0908. The Labute approximate surface area is 386 Å². The van der Waals surface area contributed by atoms with Crippen molar-refractivity contribution in [1.82, 2.24) is 0 Å². The van der Waals surface area contributed by atoms with Gasteiger partial charge in [-0.2, -0.15) is 0 Å². The van der Waals surface area contributed by atoms with Crippen molar-refractivity contribution in [2.24, 2.45) is 0 Å². The van der Waals surface area contributed by atoms with E-state index in [1.165, 1.54) is 22.3 Å². The van der Waals surface area contributed by atoms with Crippen molar-refractivity contribution >= 4 is 0 Å². The van der Waals surface area contributed by atoms with Crippen molar-refractivity contribution in [2.45, 2.75) is 130 Å². The maximum Gasteiger partial charge on any atom is 0.126 e. The molecule has 0 fully saturated rings. The normalized spacial score (nSPS) is 13.5. The summed E-state index contributed by atoms with van der Waals surface area (Å²) in [5, 5.41) is 0. The third-order valence-corrected chi connectivity index (χ3v) is 12.1. The standard InChI is InChI=1S/C56H80O8/c1-53(2,3)45-29-37-25-39-31-46(54(4,5)6)33-41(50(39)62-22-18-58-14)27-43-35-48(56(10,11)12)36-44(52(43)64-24-20-60-16)28-42-34-47(55(7,8)9)32-40(51(42)63-23-19-59-15)26-38(30-45)49(37)61-21-17-57-13/h29-36H,17-28H2,1-16H3. The first-order chi connectivity index (χ1) is 30.1. The van der Waals surface area contributed by atoms with E-state index in [0.717, 1.165) is 67.5 Å². The van der Waals surface area contributed by atoms with Crippen molar-refractivity contribution < 1.29 is 37.9 Å². The molecule has 1 aliphatic rings. The Bertz CT molecular complexity index is 1770. The second kappa shape index (κ2) is 21.5. The predicted octanol–water partition coefficient (Wildman–Crippen LogP) is 11.7. The molecule has 0 saturated heterocycles. The van der Waals surface area contributed by atoms with Gasteiger partial charge in [0, 0.05) is 54.1 Å². The average molecular weight is 881 g/mol. The molecular weight excluding hydrogens is 801 g/mol. The SMILES string of the molecule is COCCOc1c2cc(C(C)(C)C)cc1Cc1cc(C(C)(C)C)cc(c1OCCOC)Cc1cc(C(C)(C)C)cc(c1OCCOC)Cc1cc(C(C)(C)C)cc(c1OCCOC)C2. The van der Waals surface area contributed by atoms with Gasteiger partial charge < -0.3 is 37.9 Å². The number of hydrogen-bond acceptors (Lipinski definition) is 8. The van der Waals surface area contributed by atoms with E-state index in [4.69, 9.17) is 37.9 Å². The predicted molar refractivity (Wildman–Crippen MR) is 261 cm³/mol. The van der Waals surface area contributed by atoms with E-state index in [0.29, 0.717) is 78.5 Å². The molecule has 0 spiro atoms. The molecule has 352 valence electrons. The Morgan fingerprint density at radius 2 is 0.438 bits per heavy atom. The highest BCUT2D eigenvalue weighted by Gasteiger charge is 2.29. The van der Waals surface area contributed by atoms with E-state index in [1.807, 2.05) is 0 Å². The highest BCUT2D eigenvalue weighted by atomic mass is 16.5. The van der Waals surface area contributed by atoms with Gasteiger partial charge >= 0.3 is 0 Å². The van der Waals surface area contributed by atoms with E-state index in [1.54, 1.807) is 28.4 Å².